The van der Waals surface area contributed by atoms with Crippen molar-refractivity contribution in [1.29, 1.82) is 0 Å². The molecule has 0 heterocycles. The lowest BCUT2D eigenvalue weighted by Gasteiger charge is -2.15. The summed E-state index contributed by atoms with van der Waals surface area (Å²) in [6, 6.07) is 8.49. The molecule has 0 aliphatic rings. The molecule has 1 aromatic rings. The van der Waals surface area contributed by atoms with E-state index in [9.17, 15) is 9.59 Å². The minimum absolute atomic E-state index is 0.156. The summed E-state index contributed by atoms with van der Waals surface area (Å²) < 4.78 is 5.12. The predicted molar refractivity (Wildman–Crippen MR) is 70.7 cm³/mol. The molecular formula is C14H19NO4. The average Bonchev–Trinajstić information content (AvgIpc) is 2.41. The van der Waals surface area contributed by atoms with Crippen LogP contribution in [0.2, 0.25) is 0 Å². The van der Waals surface area contributed by atoms with E-state index in [1.807, 2.05) is 37.3 Å². The number of carbonyl (C=O) groups is 2. The minimum Gasteiger partial charge on any atom is -0.465 e. The molecule has 1 atom stereocenters. The molecule has 104 valence electrons. The summed E-state index contributed by atoms with van der Waals surface area (Å²) in [5.41, 5.74) is 0.875. The molecule has 1 aromatic carbocycles. The van der Waals surface area contributed by atoms with Crippen LogP contribution in [0.1, 0.15) is 31.7 Å². The Morgan fingerprint density at radius 3 is 2.58 bits per heavy atom. The number of carboxylic acid groups (broad SMARTS) is 1. The average molecular weight is 265 g/mol. The topological polar surface area (TPSA) is 75.6 Å². The fourth-order valence-electron chi connectivity index (χ4n) is 1.64. The van der Waals surface area contributed by atoms with E-state index in [-0.39, 0.29) is 6.61 Å². The molecule has 19 heavy (non-hydrogen) atoms. The first-order valence-corrected chi connectivity index (χ1v) is 6.33. The van der Waals surface area contributed by atoms with Gasteiger partial charge in [-0.25, -0.2) is 9.59 Å². The maximum absolute atomic E-state index is 11.8. The quantitative estimate of drug-likeness (QED) is 0.743. The second-order valence-electron chi connectivity index (χ2n) is 4.24. The maximum Gasteiger partial charge on any atom is 0.405 e. The number of nitrogens with one attached hydrogen (secondary N) is 1. The van der Waals surface area contributed by atoms with Gasteiger partial charge in [0.25, 0.3) is 0 Å². The lowest BCUT2D eigenvalue weighted by molar-refractivity contribution is -0.147. The van der Waals surface area contributed by atoms with Gasteiger partial charge in [-0.2, -0.15) is 0 Å². The van der Waals surface area contributed by atoms with Crippen LogP contribution in [0.3, 0.4) is 0 Å². The second kappa shape index (κ2) is 8.13. The van der Waals surface area contributed by atoms with Crippen LogP contribution >= 0.6 is 0 Å². The van der Waals surface area contributed by atoms with E-state index < -0.39 is 18.1 Å². The van der Waals surface area contributed by atoms with Crippen LogP contribution < -0.4 is 5.32 Å². The van der Waals surface area contributed by atoms with Gasteiger partial charge in [0.05, 0.1) is 0 Å². The van der Waals surface area contributed by atoms with Crippen molar-refractivity contribution < 1.29 is 19.4 Å². The molecule has 2 N–H and O–H groups in total. The van der Waals surface area contributed by atoms with Crippen molar-refractivity contribution in [3.05, 3.63) is 35.9 Å². The number of benzene rings is 1. The largest absolute Gasteiger partial charge is 0.465 e. The fraction of sp³-hybridized carbons (Fsp3) is 0.429. The molecule has 0 radical (unpaired) electrons. The van der Waals surface area contributed by atoms with E-state index >= 15 is 0 Å². The van der Waals surface area contributed by atoms with Gasteiger partial charge in [-0.1, -0.05) is 50.1 Å². The third-order valence-electron chi connectivity index (χ3n) is 2.65. The number of rotatable bonds is 7. The minimum atomic E-state index is -1.21. The first-order chi connectivity index (χ1) is 9.13. The predicted octanol–water partition coefficient (Wildman–Crippen LogP) is 2.56. The van der Waals surface area contributed by atoms with E-state index in [1.54, 1.807) is 0 Å². The molecule has 1 rings (SSSR count). The summed E-state index contributed by atoms with van der Waals surface area (Å²) in [4.78, 5) is 22.4. The molecule has 0 aliphatic carbocycles. The Hall–Kier alpha value is -2.04. The molecule has 0 bridgehead atoms. The third-order valence-corrected chi connectivity index (χ3v) is 2.65. The van der Waals surface area contributed by atoms with Gasteiger partial charge in [-0.15, -0.1) is 0 Å². The summed E-state index contributed by atoms with van der Waals surface area (Å²) in [7, 11) is 0. The van der Waals surface area contributed by atoms with E-state index in [0.29, 0.717) is 6.42 Å². The highest BCUT2D eigenvalue weighted by Gasteiger charge is 2.21. The summed E-state index contributed by atoms with van der Waals surface area (Å²) in [5, 5.41) is 10.9. The summed E-state index contributed by atoms with van der Waals surface area (Å²) in [6.07, 6.45) is 0.906. The van der Waals surface area contributed by atoms with Gasteiger partial charge >= 0.3 is 12.1 Å². The normalized spacial score (nSPS) is 11.6. The molecule has 5 heteroatoms. The summed E-state index contributed by atoms with van der Waals surface area (Å²) >= 11 is 0. The monoisotopic (exact) mass is 265 g/mol. The van der Waals surface area contributed by atoms with E-state index in [0.717, 1.165) is 18.4 Å². The highest BCUT2D eigenvalue weighted by Crippen LogP contribution is 2.06. The van der Waals surface area contributed by atoms with Crippen molar-refractivity contribution in [3.63, 3.8) is 0 Å². The molecule has 0 saturated heterocycles. The van der Waals surface area contributed by atoms with Crippen molar-refractivity contribution in [2.75, 3.05) is 0 Å². The molecule has 0 fully saturated rings. The standard InChI is InChI=1S/C14H19NO4/c1-2-3-9-12(15-14(17)18)13(16)19-10-11-7-5-4-6-8-11/h4-8,12,15H,2-3,9-10H2,1H3,(H,17,18). The van der Waals surface area contributed by atoms with E-state index in [1.165, 1.54) is 0 Å². The van der Waals surface area contributed by atoms with Gasteiger partial charge in [0.2, 0.25) is 0 Å². The third kappa shape index (κ3) is 5.90. The Kier molecular flexibility index (Phi) is 6.43. The van der Waals surface area contributed by atoms with Crippen LogP contribution in [-0.2, 0) is 16.1 Å². The number of ether oxygens (including phenoxy) is 1. The van der Waals surface area contributed by atoms with Gasteiger partial charge in [-0.3, -0.25) is 0 Å². The zero-order valence-electron chi connectivity index (χ0n) is 11.0. The van der Waals surface area contributed by atoms with Crippen molar-refractivity contribution in [1.82, 2.24) is 5.32 Å². The van der Waals surface area contributed by atoms with Crippen molar-refractivity contribution in [2.45, 2.75) is 38.8 Å². The van der Waals surface area contributed by atoms with Crippen LogP contribution in [0.5, 0.6) is 0 Å². The van der Waals surface area contributed by atoms with Crippen LogP contribution in [0.15, 0.2) is 30.3 Å². The molecular weight excluding hydrogens is 246 g/mol. The Balaban J connectivity index is 2.48. The van der Waals surface area contributed by atoms with Gasteiger partial charge in [0.1, 0.15) is 12.6 Å². The Labute approximate surface area is 112 Å². The van der Waals surface area contributed by atoms with E-state index in [4.69, 9.17) is 9.84 Å². The lowest BCUT2D eigenvalue weighted by Crippen LogP contribution is -2.41. The fourth-order valence-corrected chi connectivity index (χ4v) is 1.64. The summed E-state index contributed by atoms with van der Waals surface area (Å²) in [5.74, 6) is -0.528. The van der Waals surface area contributed by atoms with Crippen molar-refractivity contribution in [3.8, 4) is 0 Å². The highest BCUT2D eigenvalue weighted by molar-refractivity contribution is 5.80. The zero-order valence-corrected chi connectivity index (χ0v) is 11.0. The molecule has 0 saturated carbocycles. The first kappa shape index (κ1) is 15.0. The Bertz CT molecular complexity index is 405. The zero-order chi connectivity index (χ0) is 14.1. The number of amides is 1. The molecule has 1 amide bonds. The smallest absolute Gasteiger partial charge is 0.405 e. The molecule has 1 unspecified atom stereocenters. The van der Waals surface area contributed by atoms with Crippen molar-refractivity contribution in [2.24, 2.45) is 0 Å². The molecule has 0 aromatic heterocycles. The van der Waals surface area contributed by atoms with Crippen LogP contribution in [0, 0.1) is 0 Å². The number of carbonyl (C=O) groups excluding carboxylic acids is 1. The van der Waals surface area contributed by atoms with Gasteiger partial charge < -0.3 is 15.2 Å². The van der Waals surface area contributed by atoms with Gasteiger partial charge in [-0.05, 0) is 12.0 Å². The number of hydrogen-bond acceptors (Lipinski definition) is 3. The van der Waals surface area contributed by atoms with Gasteiger partial charge in [0, 0.05) is 0 Å². The van der Waals surface area contributed by atoms with Crippen LogP contribution in [0.4, 0.5) is 4.79 Å². The Morgan fingerprint density at radius 1 is 1.32 bits per heavy atom. The van der Waals surface area contributed by atoms with Gasteiger partial charge in [0.15, 0.2) is 0 Å². The second-order valence-corrected chi connectivity index (χ2v) is 4.24. The number of unbranched alkanes of at least 4 members (excludes halogenated alkanes) is 1. The first-order valence-electron chi connectivity index (χ1n) is 6.33. The SMILES string of the molecule is CCCCC(NC(=O)O)C(=O)OCc1ccccc1. The summed E-state index contributed by atoms with van der Waals surface area (Å²) in [6.45, 7) is 2.14. The van der Waals surface area contributed by atoms with E-state index in [2.05, 4.69) is 5.32 Å². The molecule has 0 spiro atoms. The lowest BCUT2D eigenvalue weighted by atomic mass is 10.1. The highest BCUT2D eigenvalue weighted by atomic mass is 16.5. The number of esters is 1. The Morgan fingerprint density at radius 2 is 2.00 bits per heavy atom. The van der Waals surface area contributed by atoms with Crippen LogP contribution in [-0.4, -0.2) is 23.2 Å². The molecule has 0 aliphatic heterocycles. The number of hydrogen-bond donors (Lipinski definition) is 2. The van der Waals surface area contributed by atoms with Crippen molar-refractivity contribution >= 4 is 12.1 Å². The maximum atomic E-state index is 11.8. The van der Waals surface area contributed by atoms with Crippen LogP contribution in [0.25, 0.3) is 0 Å². The molecule has 5 nitrogen and oxygen atoms in total.